The first-order valence-electron chi connectivity index (χ1n) is 7.04. The summed E-state index contributed by atoms with van der Waals surface area (Å²) in [6.45, 7) is 0. The number of benzene rings is 1. The lowest BCUT2D eigenvalue weighted by molar-refractivity contribution is -0.110. The Morgan fingerprint density at radius 1 is 1.12 bits per heavy atom. The molecule has 7 heteroatoms. The van der Waals surface area contributed by atoms with Crippen LogP contribution in [0, 0.1) is 0 Å². The van der Waals surface area contributed by atoms with Gasteiger partial charge in [-0.25, -0.2) is 9.78 Å². The van der Waals surface area contributed by atoms with Crippen LogP contribution in [0.4, 0.5) is 0 Å². The molecule has 0 radical (unpaired) electrons. The number of thioether (sulfide) groups is 1. The van der Waals surface area contributed by atoms with Crippen LogP contribution in [-0.2, 0) is 11.2 Å². The van der Waals surface area contributed by atoms with Crippen molar-refractivity contribution < 1.29 is 14.7 Å². The fourth-order valence-electron chi connectivity index (χ4n) is 2.23. The summed E-state index contributed by atoms with van der Waals surface area (Å²) in [6, 6.07) is 12.6. The van der Waals surface area contributed by atoms with Crippen molar-refractivity contribution in [3.8, 4) is 0 Å². The third-order valence-electron chi connectivity index (χ3n) is 3.34. The molecule has 0 unspecified atom stereocenters. The van der Waals surface area contributed by atoms with E-state index >= 15 is 0 Å². The summed E-state index contributed by atoms with van der Waals surface area (Å²) in [5.74, 6) is -1.33. The number of carbonyl (C=O) groups is 2. The number of nitrogens with zero attached hydrogens (tertiary/aromatic N) is 2. The molecule has 0 aliphatic heterocycles. The highest BCUT2D eigenvalue weighted by molar-refractivity contribution is 8.13. The highest BCUT2D eigenvalue weighted by atomic mass is 32.2. The minimum atomic E-state index is -1.33. The van der Waals surface area contributed by atoms with Crippen LogP contribution in [0.1, 0.15) is 15.9 Å². The van der Waals surface area contributed by atoms with E-state index in [2.05, 4.69) is 4.98 Å². The number of carboxylic acids is 1. The molecule has 1 aromatic carbocycles. The summed E-state index contributed by atoms with van der Waals surface area (Å²) in [5, 5.41) is 8.90. The Balaban J connectivity index is 1.93. The molecule has 0 atom stereocenters. The second kappa shape index (κ2) is 6.67. The normalized spacial score (nSPS) is 10.7. The fourth-order valence-corrected chi connectivity index (χ4v) is 3.10. The number of fused-ring (bicyclic) bond motifs is 1. The maximum absolute atomic E-state index is 12.2. The Labute approximate surface area is 140 Å². The second-order valence-electron chi connectivity index (χ2n) is 4.98. The monoisotopic (exact) mass is 340 g/mol. The van der Waals surface area contributed by atoms with E-state index < -0.39 is 17.1 Å². The molecule has 0 bridgehead atoms. The van der Waals surface area contributed by atoms with Gasteiger partial charge in [0.25, 0.3) is 5.56 Å². The van der Waals surface area contributed by atoms with E-state index in [1.807, 2.05) is 30.3 Å². The molecular weight excluding hydrogens is 328 g/mol. The van der Waals surface area contributed by atoms with Crippen molar-refractivity contribution in [1.29, 1.82) is 0 Å². The van der Waals surface area contributed by atoms with Crippen LogP contribution < -0.4 is 5.56 Å². The summed E-state index contributed by atoms with van der Waals surface area (Å²) in [4.78, 5) is 39.9. The standard InChI is InChI=1S/C17H12N2O4S/c20-14(9-11-5-2-1-3-6-11)24-13-7-4-8-19-15(13)18-10-12(16(19)21)17(22)23/h1-8,10H,9H2,(H,22,23). The molecule has 2 aromatic heterocycles. The number of rotatable bonds is 4. The summed E-state index contributed by atoms with van der Waals surface area (Å²) >= 11 is 0.982. The minimum Gasteiger partial charge on any atom is -0.477 e. The predicted octanol–water partition coefficient (Wildman–Crippen LogP) is 2.25. The number of hydrogen-bond donors (Lipinski definition) is 1. The second-order valence-corrected chi connectivity index (χ2v) is 6.08. The molecule has 0 aliphatic carbocycles. The number of carboxylic acid groups (broad SMARTS) is 1. The molecule has 0 saturated carbocycles. The zero-order valence-electron chi connectivity index (χ0n) is 12.4. The molecule has 0 saturated heterocycles. The number of pyridine rings is 1. The zero-order valence-corrected chi connectivity index (χ0v) is 13.2. The highest BCUT2D eigenvalue weighted by Gasteiger charge is 2.15. The molecule has 120 valence electrons. The SMILES string of the molecule is O=C(Cc1ccccc1)Sc1cccn2c(=O)c(C(=O)O)cnc12. The molecule has 3 rings (SSSR count). The Morgan fingerprint density at radius 3 is 2.58 bits per heavy atom. The maximum atomic E-state index is 12.2. The Kier molecular flexibility index (Phi) is 4.43. The minimum absolute atomic E-state index is 0.0918. The van der Waals surface area contributed by atoms with Crippen molar-refractivity contribution in [3.63, 3.8) is 0 Å². The van der Waals surface area contributed by atoms with Gasteiger partial charge < -0.3 is 5.11 Å². The number of aromatic nitrogens is 2. The van der Waals surface area contributed by atoms with Gasteiger partial charge in [0, 0.05) is 18.8 Å². The summed E-state index contributed by atoms with van der Waals surface area (Å²) in [7, 11) is 0. The van der Waals surface area contributed by atoms with E-state index in [4.69, 9.17) is 5.11 Å². The Hall–Kier alpha value is -2.93. The van der Waals surface area contributed by atoms with Crippen molar-refractivity contribution in [2.24, 2.45) is 0 Å². The van der Waals surface area contributed by atoms with Gasteiger partial charge in [-0.05, 0) is 29.5 Å². The molecule has 0 spiro atoms. The number of hydrogen-bond acceptors (Lipinski definition) is 5. The third kappa shape index (κ3) is 3.21. The smallest absolute Gasteiger partial charge is 0.342 e. The first-order chi connectivity index (χ1) is 11.6. The van der Waals surface area contributed by atoms with Crippen LogP contribution in [0.5, 0.6) is 0 Å². The third-order valence-corrected chi connectivity index (χ3v) is 4.25. The van der Waals surface area contributed by atoms with Crippen LogP contribution in [0.15, 0.2) is 64.5 Å². The van der Waals surface area contributed by atoms with Crippen molar-refractivity contribution >= 4 is 28.5 Å². The molecule has 0 amide bonds. The van der Waals surface area contributed by atoms with Crippen LogP contribution in [-0.4, -0.2) is 25.6 Å². The average molecular weight is 340 g/mol. The number of aromatic carboxylic acids is 1. The van der Waals surface area contributed by atoms with Crippen molar-refractivity contribution in [2.75, 3.05) is 0 Å². The number of carbonyl (C=O) groups excluding carboxylic acids is 1. The van der Waals surface area contributed by atoms with Crippen LogP contribution >= 0.6 is 11.8 Å². The van der Waals surface area contributed by atoms with E-state index in [0.717, 1.165) is 27.9 Å². The van der Waals surface area contributed by atoms with E-state index in [-0.39, 0.29) is 17.2 Å². The van der Waals surface area contributed by atoms with E-state index in [1.54, 1.807) is 12.1 Å². The topological polar surface area (TPSA) is 88.7 Å². The summed E-state index contributed by atoms with van der Waals surface area (Å²) in [6.07, 6.45) is 2.71. The Morgan fingerprint density at radius 2 is 1.88 bits per heavy atom. The fraction of sp³-hybridized carbons (Fsp3) is 0.0588. The van der Waals surface area contributed by atoms with Gasteiger partial charge in [0.05, 0.1) is 4.90 Å². The molecular formula is C17H12N2O4S. The van der Waals surface area contributed by atoms with Gasteiger partial charge >= 0.3 is 5.97 Å². The average Bonchev–Trinajstić information content (AvgIpc) is 2.56. The molecule has 6 nitrogen and oxygen atoms in total. The predicted molar refractivity (Wildman–Crippen MR) is 89.4 cm³/mol. The van der Waals surface area contributed by atoms with Gasteiger partial charge in [-0.2, -0.15) is 0 Å². The largest absolute Gasteiger partial charge is 0.477 e. The van der Waals surface area contributed by atoms with Crippen LogP contribution in [0.25, 0.3) is 5.65 Å². The van der Waals surface area contributed by atoms with Crippen molar-refractivity contribution in [3.05, 3.63) is 76.3 Å². The summed E-state index contributed by atoms with van der Waals surface area (Å²) < 4.78 is 1.14. The van der Waals surface area contributed by atoms with Gasteiger partial charge in [0.15, 0.2) is 10.8 Å². The molecule has 1 N–H and O–H groups in total. The zero-order chi connectivity index (χ0) is 17.1. The van der Waals surface area contributed by atoms with E-state index in [1.165, 1.54) is 6.20 Å². The Bertz CT molecular complexity index is 983. The van der Waals surface area contributed by atoms with Gasteiger partial charge in [-0.15, -0.1) is 0 Å². The van der Waals surface area contributed by atoms with Gasteiger partial charge in [-0.3, -0.25) is 14.0 Å². The highest BCUT2D eigenvalue weighted by Crippen LogP contribution is 2.23. The molecule has 24 heavy (non-hydrogen) atoms. The van der Waals surface area contributed by atoms with Crippen LogP contribution in [0.3, 0.4) is 0 Å². The maximum Gasteiger partial charge on any atom is 0.342 e. The van der Waals surface area contributed by atoms with E-state index in [9.17, 15) is 14.4 Å². The lowest BCUT2D eigenvalue weighted by atomic mass is 10.2. The molecule has 3 aromatic rings. The molecule has 0 fully saturated rings. The van der Waals surface area contributed by atoms with Gasteiger partial charge in [0.2, 0.25) is 0 Å². The van der Waals surface area contributed by atoms with Crippen molar-refractivity contribution in [2.45, 2.75) is 11.3 Å². The van der Waals surface area contributed by atoms with Crippen LogP contribution in [0.2, 0.25) is 0 Å². The quantitative estimate of drug-likeness (QED) is 0.733. The molecule has 2 heterocycles. The van der Waals surface area contributed by atoms with E-state index in [0.29, 0.717) is 4.90 Å². The lowest BCUT2D eigenvalue weighted by Gasteiger charge is -2.06. The summed E-state index contributed by atoms with van der Waals surface area (Å²) in [5.41, 5.74) is 0.0724. The van der Waals surface area contributed by atoms with Crippen molar-refractivity contribution in [1.82, 2.24) is 9.38 Å². The van der Waals surface area contributed by atoms with Gasteiger partial charge in [0.1, 0.15) is 5.56 Å². The first kappa shape index (κ1) is 15.9. The first-order valence-corrected chi connectivity index (χ1v) is 7.86. The lowest BCUT2D eigenvalue weighted by Crippen LogP contribution is -2.22. The van der Waals surface area contributed by atoms with Gasteiger partial charge in [-0.1, -0.05) is 30.3 Å². The molecule has 0 aliphatic rings.